The van der Waals surface area contributed by atoms with Crippen molar-refractivity contribution in [3.63, 3.8) is 0 Å². The Morgan fingerprint density at radius 2 is 1.84 bits per heavy atom. The Kier molecular flexibility index (Phi) is 2.55. The minimum absolute atomic E-state index is 0.527. The first-order chi connectivity index (χ1) is 9.33. The van der Waals surface area contributed by atoms with E-state index in [2.05, 4.69) is 70.6 Å². The molecule has 3 aliphatic heterocycles. The van der Waals surface area contributed by atoms with E-state index in [4.69, 9.17) is 0 Å². The molecule has 0 saturated carbocycles. The molecular formula is C16H21N3. The van der Waals surface area contributed by atoms with Crippen molar-refractivity contribution < 1.29 is 0 Å². The second kappa shape index (κ2) is 4.27. The van der Waals surface area contributed by atoms with Crippen molar-refractivity contribution in [1.82, 2.24) is 14.7 Å². The zero-order valence-electron chi connectivity index (χ0n) is 11.4. The van der Waals surface area contributed by atoms with E-state index in [9.17, 15) is 0 Å². The summed E-state index contributed by atoms with van der Waals surface area (Å²) >= 11 is 0. The number of hydrogen-bond donors (Lipinski definition) is 0. The molecule has 0 bridgehead atoms. The van der Waals surface area contributed by atoms with E-state index in [1.54, 1.807) is 0 Å². The smallest absolute Gasteiger partial charge is 0.0657 e. The highest BCUT2D eigenvalue weighted by atomic mass is 15.3. The zero-order chi connectivity index (χ0) is 12.8. The summed E-state index contributed by atoms with van der Waals surface area (Å²) < 4.78 is 0. The van der Waals surface area contributed by atoms with Crippen LogP contribution in [0, 0.1) is 5.92 Å². The molecule has 4 unspecified atom stereocenters. The van der Waals surface area contributed by atoms with Gasteiger partial charge in [-0.25, -0.2) is 0 Å². The van der Waals surface area contributed by atoms with Gasteiger partial charge < -0.3 is 9.80 Å². The molecule has 0 amide bonds. The van der Waals surface area contributed by atoms with Crippen molar-refractivity contribution >= 4 is 0 Å². The summed E-state index contributed by atoms with van der Waals surface area (Å²) in [6.45, 7) is 3.40. The standard InChI is InChI=1S/C16H21N3/c1-17-9-10-19-14-6-3-2-5-13(14)11-18-8-4-7-15(18)16(19)12-17/h2-7,9-10,13-16H,8,11-12H2,1H3. The molecule has 4 aliphatic rings. The lowest BCUT2D eigenvalue weighted by molar-refractivity contribution is 0.136. The van der Waals surface area contributed by atoms with E-state index < -0.39 is 0 Å². The molecule has 1 fully saturated rings. The van der Waals surface area contributed by atoms with Gasteiger partial charge in [-0.05, 0) is 0 Å². The van der Waals surface area contributed by atoms with Gasteiger partial charge in [-0.3, -0.25) is 4.90 Å². The summed E-state index contributed by atoms with van der Waals surface area (Å²) in [6, 6.07) is 1.67. The van der Waals surface area contributed by atoms with Gasteiger partial charge in [0.1, 0.15) is 0 Å². The Morgan fingerprint density at radius 3 is 2.79 bits per heavy atom. The highest BCUT2D eigenvalue weighted by molar-refractivity contribution is 5.24. The normalized spacial score (nSPS) is 40.1. The first kappa shape index (κ1) is 11.4. The molecule has 3 nitrogen and oxygen atoms in total. The van der Waals surface area contributed by atoms with E-state index in [1.165, 1.54) is 6.54 Å². The Labute approximate surface area is 115 Å². The van der Waals surface area contributed by atoms with Crippen molar-refractivity contribution in [2.45, 2.75) is 18.1 Å². The molecule has 0 N–H and O–H groups in total. The molecule has 4 atom stereocenters. The van der Waals surface area contributed by atoms with Crippen molar-refractivity contribution in [3.8, 4) is 0 Å². The molecule has 0 aromatic rings. The average Bonchev–Trinajstić information content (AvgIpc) is 2.83. The molecule has 3 heteroatoms. The van der Waals surface area contributed by atoms with E-state index in [-0.39, 0.29) is 0 Å². The summed E-state index contributed by atoms with van der Waals surface area (Å²) in [5.74, 6) is 0.616. The molecular weight excluding hydrogens is 234 g/mol. The van der Waals surface area contributed by atoms with Crippen LogP contribution in [0.3, 0.4) is 0 Å². The minimum Gasteiger partial charge on any atom is -0.377 e. The van der Waals surface area contributed by atoms with Crippen molar-refractivity contribution in [1.29, 1.82) is 0 Å². The Hall–Kier alpha value is -1.48. The van der Waals surface area contributed by atoms with Crippen molar-refractivity contribution in [2.75, 3.05) is 26.7 Å². The van der Waals surface area contributed by atoms with Crippen LogP contribution < -0.4 is 0 Å². The van der Waals surface area contributed by atoms with Gasteiger partial charge in [0.25, 0.3) is 0 Å². The number of nitrogens with zero attached hydrogens (tertiary/aromatic N) is 3. The van der Waals surface area contributed by atoms with Crippen LogP contribution in [-0.2, 0) is 0 Å². The maximum atomic E-state index is 2.64. The van der Waals surface area contributed by atoms with Gasteiger partial charge in [-0.1, -0.05) is 36.5 Å². The first-order valence-electron chi connectivity index (χ1n) is 7.24. The van der Waals surface area contributed by atoms with Crippen LogP contribution in [-0.4, -0.2) is 59.5 Å². The topological polar surface area (TPSA) is 9.72 Å². The zero-order valence-corrected chi connectivity index (χ0v) is 11.4. The van der Waals surface area contributed by atoms with E-state index in [1.807, 2.05) is 0 Å². The molecule has 19 heavy (non-hydrogen) atoms. The highest BCUT2D eigenvalue weighted by Gasteiger charge is 2.42. The predicted molar refractivity (Wildman–Crippen MR) is 77.5 cm³/mol. The summed E-state index contributed by atoms with van der Waals surface area (Å²) in [5.41, 5.74) is 0. The molecule has 1 aliphatic carbocycles. The van der Waals surface area contributed by atoms with Gasteiger partial charge in [0.2, 0.25) is 0 Å². The summed E-state index contributed by atoms with van der Waals surface area (Å²) in [5, 5.41) is 0. The average molecular weight is 255 g/mol. The van der Waals surface area contributed by atoms with Crippen LogP contribution in [0.5, 0.6) is 0 Å². The van der Waals surface area contributed by atoms with Gasteiger partial charge in [0.15, 0.2) is 0 Å². The van der Waals surface area contributed by atoms with Gasteiger partial charge in [-0.15, -0.1) is 0 Å². The summed E-state index contributed by atoms with van der Waals surface area (Å²) in [4.78, 5) is 7.54. The largest absolute Gasteiger partial charge is 0.377 e. The maximum absolute atomic E-state index is 2.64. The molecule has 0 spiro atoms. The SMILES string of the molecule is CN1C=CN2C3C=CC=CC3CN3CC=CC3C2C1. The monoisotopic (exact) mass is 255 g/mol. The van der Waals surface area contributed by atoms with Gasteiger partial charge in [0, 0.05) is 45.0 Å². The van der Waals surface area contributed by atoms with Gasteiger partial charge in [-0.2, -0.15) is 0 Å². The Balaban J connectivity index is 1.75. The van der Waals surface area contributed by atoms with Gasteiger partial charge in [0.05, 0.1) is 18.1 Å². The summed E-state index contributed by atoms with van der Waals surface area (Å²) in [6.07, 6.45) is 18.4. The van der Waals surface area contributed by atoms with Crippen LogP contribution >= 0.6 is 0 Å². The van der Waals surface area contributed by atoms with Crippen molar-refractivity contribution in [3.05, 3.63) is 48.9 Å². The van der Waals surface area contributed by atoms with Crippen LogP contribution in [0.25, 0.3) is 0 Å². The lowest BCUT2D eigenvalue weighted by Gasteiger charge is -2.43. The first-order valence-corrected chi connectivity index (χ1v) is 7.24. The molecule has 3 heterocycles. The second-order valence-corrected chi connectivity index (χ2v) is 6.05. The molecule has 1 saturated heterocycles. The third-order valence-corrected chi connectivity index (χ3v) is 4.85. The predicted octanol–water partition coefficient (Wildman–Crippen LogP) is 1.44. The van der Waals surface area contributed by atoms with Crippen molar-refractivity contribution in [2.24, 2.45) is 5.92 Å². The maximum Gasteiger partial charge on any atom is 0.0657 e. The Bertz CT molecular complexity index is 476. The molecule has 4 rings (SSSR count). The fourth-order valence-electron chi connectivity index (χ4n) is 3.90. The fourth-order valence-corrected chi connectivity index (χ4v) is 3.90. The number of fused-ring (bicyclic) bond motifs is 5. The minimum atomic E-state index is 0.527. The fraction of sp³-hybridized carbons (Fsp3) is 0.500. The number of allylic oxidation sites excluding steroid dienone is 2. The number of hydrogen-bond acceptors (Lipinski definition) is 3. The molecule has 0 aromatic carbocycles. The Morgan fingerprint density at radius 1 is 0.947 bits per heavy atom. The third-order valence-electron chi connectivity index (χ3n) is 4.85. The molecule has 0 radical (unpaired) electrons. The van der Waals surface area contributed by atoms with Crippen LogP contribution in [0.4, 0.5) is 0 Å². The van der Waals surface area contributed by atoms with Crippen LogP contribution in [0.15, 0.2) is 48.9 Å². The lowest BCUT2D eigenvalue weighted by Crippen LogP contribution is -2.53. The third kappa shape index (κ3) is 1.76. The highest BCUT2D eigenvalue weighted by Crippen LogP contribution is 2.33. The number of likely N-dealkylation sites (N-methyl/N-ethyl adjacent to an activating group) is 1. The quantitative estimate of drug-likeness (QED) is 0.606. The summed E-state index contributed by atoms with van der Waals surface area (Å²) in [7, 11) is 2.18. The second-order valence-electron chi connectivity index (χ2n) is 6.05. The molecule has 100 valence electrons. The van der Waals surface area contributed by atoms with Crippen LogP contribution in [0.2, 0.25) is 0 Å². The van der Waals surface area contributed by atoms with E-state index in [0.717, 1.165) is 13.1 Å². The van der Waals surface area contributed by atoms with Gasteiger partial charge >= 0.3 is 0 Å². The number of rotatable bonds is 0. The van der Waals surface area contributed by atoms with E-state index in [0.29, 0.717) is 24.0 Å². The lowest BCUT2D eigenvalue weighted by atomic mass is 9.93. The van der Waals surface area contributed by atoms with E-state index >= 15 is 0 Å². The molecule has 0 aromatic heterocycles. The van der Waals surface area contributed by atoms with Crippen LogP contribution in [0.1, 0.15) is 0 Å².